The molecule has 5 nitrogen and oxygen atoms in total. The van der Waals surface area contributed by atoms with E-state index >= 15 is 0 Å². The molecule has 2 aromatic rings. The summed E-state index contributed by atoms with van der Waals surface area (Å²) in [4.78, 5) is 21.1. The summed E-state index contributed by atoms with van der Waals surface area (Å²) in [5.74, 6) is -0.0136. The molecule has 0 aliphatic carbocycles. The Morgan fingerprint density at radius 2 is 1.39 bits per heavy atom. The first kappa shape index (κ1) is 20.9. The second-order valence-corrected chi connectivity index (χ2v) is 8.58. The van der Waals surface area contributed by atoms with Crippen LogP contribution in [0.4, 0.5) is 17.1 Å². The lowest BCUT2D eigenvalue weighted by atomic mass is 10.1. The third kappa shape index (κ3) is 4.77. The van der Waals surface area contributed by atoms with Gasteiger partial charge in [0.15, 0.2) is 0 Å². The summed E-state index contributed by atoms with van der Waals surface area (Å²) in [6.45, 7) is 3.79. The monoisotopic (exact) mass is 416 g/mol. The SMILES string of the molecule is CN(C)c1ccc(C(=O)N(C)c2ccc(N3CCN(C(S)S)CC3)cc2)cc1. The quantitative estimate of drug-likeness (QED) is 0.578. The van der Waals surface area contributed by atoms with Crippen molar-refractivity contribution in [1.29, 1.82) is 0 Å². The van der Waals surface area contributed by atoms with Crippen LogP contribution in [0.15, 0.2) is 48.5 Å². The lowest BCUT2D eigenvalue weighted by Gasteiger charge is -2.37. The van der Waals surface area contributed by atoms with Gasteiger partial charge in [-0.3, -0.25) is 9.69 Å². The Balaban J connectivity index is 1.65. The van der Waals surface area contributed by atoms with Gasteiger partial charge < -0.3 is 14.7 Å². The molecule has 2 aromatic carbocycles. The third-order valence-corrected chi connectivity index (χ3v) is 5.83. The Hall–Kier alpha value is -1.83. The van der Waals surface area contributed by atoms with Gasteiger partial charge in [-0.15, -0.1) is 25.3 Å². The van der Waals surface area contributed by atoms with Crippen LogP contribution in [0.3, 0.4) is 0 Å². The Bertz CT molecular complexity index is 785. The summed E-state index contributed by atoms with van der Waals surface area (Å²) >= 11 is 8.78. The number of thiol groups is 2. The van der Waals surface area contributed by atoms with E-state index in [4.69, 9.17) is 0 Å². The normalized spacial score (nSPS) is 15.0. The molecule has 0 radical (unpaired) electrons. The van der Waals surface area contributed by atoms with Crippen molar-refractivity contribution in [3.63, 3.8) is 0 Å². The van der Waals surface area contributed by atoms with Crippen molar-refractivity contribution in [2.24, 2.45) is 0 Å². The van der Waals surface area contributed by atoms with Gasteiger partial charge in [0.05, 0.1) is 4.71 Å². The molecule has 1 saturated heterocycles. The highest BCUT2D eigenvalue weighted by Gasteiger charge is 2.20. The largest absolute Gasteiger partial charge is 0.378 e. The molecule has 1 heterocycles. The molecule has 1 fully saturated rings. The number of benzene rings is 2. The Labute approximate surface area is 178 Å². The van der Waals surface area contributed by atoms with Crippen LogP contribution in [0.5, 0.6) is 0 Å². The number of hydrogen-bond donors (Lipinski definition) is 2. The second kappa shape index (κ2) is 9.11. The van der Waals surface area contributed by atoms with Crippen LogP contribution in [0.2, 0.25) is 0 Å². The molecule has 0 N–H and O–H groups in total. The van der Waals surface area contributed by atoms with E-state index < -0.39 is 0 Å². The number of hydrogen-bond acceptors (Lipinski definition) is 6. The highest BCUT2D eigenvalue weighted by Crippen LogP contribution is 2.24. The van der Waals surface area contributed by atoms with E-state index in [0.717, 1.165) is 37.6 Å². The second-order valence-electron chi connectivity index (χ2n) is 7.19. The smallest absolute Gasteiger partial charge is 0.258 e. The first-order valence-electron chi connectivity index (χ1n) is 9.37. The van der Waals surface area contributed by atoms with Gasteiger partial charge in [0.25, 0.3) is 5.91 Å². The van der Waals surface area contributed by atoms with Crippen molar-refractivity contribution in [2.75, 3.05) is 62.0 Å². The highest BCUT2D eigenvalue weighted by atomic mass is 32.2. The fourth-order valence-corrected chi connectivity index (χ4v) is 3.77. The van der Waals surface area contributed by atoms with E-state index in [1.54, 1.807) is 4.90 Å². The number of carbonyl (C=O) groups is 1. The summed E-state index contributed by atoms with van der Waals surface area (Å²) < 4.78 is -0.00372. The topological polar surface area (TPSA) is 30.0 Å². The maximum absolute atomic E-state index is 12.8. The molecule has 0 spiro atoms. The molecule has 28 heavy (non-hydrogen) atoms. The fourth-order valence-electron chi connectivity index (χ4n) is 3.31. The van der Waals surface area contributed by atoms with E-state index in [9.17, 15) is 4.79 Å². The highest BCUT2D eigenvalue weighted by molar-refractivity contribution is 7.99. The Morgan fingerprint density at radius 3 is 1.89 bits per heavy atom. The summed E-state index contributed by atoms with van der Waals surface area (Å²) in [6, 6.07) is 15.9. The van der Waals surface area contributed by atoms with Gasteiger partial charge in [-0.25, -0.2) is 0 Å². The van der Waals surface area contributed by atoms with Gasteiger partial charge in [-0.1, -0.05) is 0 Å². The number of nitrogens with zero attached hydrogens (tertiary/aromatic N) is 4. The molecule has 0 atom stereocenters. The summed E-state index contributed by atoms with van der Waals surface area (Å²) in [6.07, 6.45) is 0. The van der Waals surface area contributed by atoms with Gasteiger partial charge in [0.1, 0.15) is 0 Å². The average Bonchev–Trinajstić information content (AvgIpc) is 2.73. The van der Waals surface area contributed by atoms with E-state index in [0.29, 0.717) is 5.56 Å². The summed E-state index contributed by atoms with van der Waals surface area (Å²) in [5, 5.41) is 0. The van der Waals surface area contributed by atoms with Crippen molar-refractivity contribution in [3.05, 3.63) is 54.1 Å². The Morgan fingerprint density at radius 1 is 0.857 bits per heavy atom. The molecule has 0 saturated carbocycles. The average molecular weight is 417 g/mol. The van der Waals surface area contributed by atoms with Gasteiger partial charge in [0, 0.05) is 69.9 Å². The molecule has 7 heteroatoms. The fraction of sp³-hybridized carbons (Fsp3) is 0.381. The summed E-state index contributed by atoms with van der Waals surface area (Å²) in [7, 11) is 5.79. The number of piperazine rings is 1. The number of anilines is 3. The molecular formula is C21H28N4OS2. The maximum atomic E-state index is 12.8. The predicted molar refractivity (Wildman–Crippen MR) is 125 cm³/mol. The zero-order valence-electron chi connectivity index (χ0n) is 16.6. The van der Waals surface area contributed by atoms with E-state index in [1.807, 2.05) is 62.4 Å². The molecule has 1 amide bonds. The van der Waals surface area contributed by atoms with Crippen LogP contribution < -0.4 is 14.7 Å². The minimum absolute atomic E-state index is 0.00372. The van der Waals surface area contributed by atoms with Crippen LogP contribution in [-0.4, -0.2) is 62.8 Å². The van der Waals surface area contributed by atoms with Crippen LogP contribution in [0.25, 0.3) is 0 Å². The molecule has 150 valence electrons. The van der Waals surface area contributed by atoms with Crippen molar-refractivity contribution >= 4 is 48.2 Å². The standard InChI is InChI=1S/C21H28N4OS2/c1-22(2)17-6-4-16(5-7-17)20(26)23(3)18-8-10-19(11-9-18)24-12-14-25(15-13-24)21(27)28/h4-11,21,27-28H,12-15H2,1-3H3. The van der Waals surface area contributed by atoms with E-state index in [2.05, 4.69) is 47.2 Å². The Kier molecular flexibility index (Phi) is 6.80. The van der Waals surface area contributed by atoms with E-state index in [-0.39, 0.29) is 10.6 Å². The molecule has 1 aliphatic heterocycles. The van der Waals surface area contributed by atoms with Crippen LogP contribution in [0, 0.1) is 0 Å². The molecule has 0 aromatic heterocycles. The van der Waals surface area contributed by atoms with E-state index in [1.165, 1.54) is 5.69 Å². The minimum Gasteiger partial charge on any atom is -0.378 e. The van der Waals surface area contributed by atoms with Crippen molar-refractivity contribution < 1.29 is 4.79 Å². The van der Waals surface area contributed by atoms with Crippen molar-refractivity contribution in [2.45, 2.75) is 4.71 Å². The van der Waals surface area contributed by atoms with Gasteiger partial charge >= 0.3 is 0 Å². The number of rotatable bonds is 5. The lowest BCUT2D eigenvalue weighted by molar-refractivity contribution is 0.0993. The number of carbonyl (C=O) groups excluding carboxylic acids is 1. The van der Waals surface area contributed by atoms with Gasteiger partial charge in [-0.05, 0) is 48.5 Å². The molecule has 0 bridgehead atoms. The van der Waals surface area contributed by atoms with Crippen molar-refractivity contribution in [3.8, 4) is 0 Å². The zero-order chi connectivity index (χ0) is 20.3. The lowest BCUT2D eigenvalue weighted by Crippen LogP contribution is -2.47. The third-order valence-electron chi connectivity index (χ3n) is 5.18. The van der Waals surface area contributed by atoms with Crippen molar-refractivity contribution in [1.82, 2.24) is 4.90 Å². The summed E-state index contributed by atoms with van der Waals surface area (Å²) in [5.41, 5.74) is 3.82. The predicted octanol–water partition coefficient (Wildman–Crippen LogP) is 3.29. The molecule has 1 aliphatic rings. The van der Waals surface area contributed by atoms with Crippen LogP contribution in [-0.2, 0) is 0 Å². The van der Waals surface area contributed by atoms with Gasteiger partial charge in [0.2, 0.25) is 0 Å². The van der Waals surface area contributed by atoms with Crippen LogP contribution >= 0.6 is 25.3 Å². The molecule has 0 unspecified atom stereocenters. The van der Waals surface area contributed by atoms with Gasteiger partial charge in [-0.2, -0.15) is 0 Å². The molecular weight excluding hydrogens is 388 g/mol. The molecule has 3 rings (SSSR count). The minimum atomic E-state index is -0.0136. The van der Waals surface area contributed by atoms with Crippen LogP contribution in [0.1, 0.15) is 10.4 Å². The maximum Gasteiger partial charge on any atom is 0.258 e. The first-order valence-corrected chi connectivity index (χ1v) is 10.4. The number of amides is 1. The first-order chi connectivity index (χ1) is 13.4. The zero-order valence-corrected chi connectivity index (χ0v) is 18.4.